The molecule has 0 bridgehead atoms. The van der Waals surface area contributed by atoms with Gasteiger partial charge in [0.05, 0.1) is 0 Å². The zero-order chi connectivity index (χ0) is 11.7. The molecule has 1 fully saturated rings. The van der Waals surface area contributed by atoms with E-state index in [1.54, 1.807) is 6.20 Å². The number of nitrogens with zero attached hydrogens (tertiary/aromatic N) is 3. The highest BCUT2D eigenvalue weighted by molar-refractivity contribution is 5.37. The normalized spacial score (nSPS) is 20.9. The Bertz CT molecular complexity index is 516. The molecule has 0 aromatic carbocycles. The zero-order valence-electron chi connectivity index (χ0n) is 9.56. The van der Waals surface area contributed by atoms with Crippen LogP contribution in [0.2, 0.25) is 0 Å². The van der Waals surface area contributed by atoms with Crippen molar-refractivity contribution < 1.29 is 4.39 Å². The van der Waals surface area contributed by atoms with Gasteiger partial charge in [-0.2, -0.15) is 0 Å². The lowest BCUT2D eigenvalue weighted by Gasteiger charge is -2.21. The summed E-state index contributed by atoms with van der Waals surface area (Å²) in [6.07, 6.45) is 5.05. The van der Waals surface area contributed by atoms with Crippen LogP contribution in [0.15, 0.2) is 18.3 Å². The van der Waals surface area contributed by atoms with Crippen molar-refractivity contribution in [3.63, 3.8) is 0 Å². The van der Waals surface area contributed by atoms with Gasteiger partial charge < -0.3 is 5.32 Å². The van der Waals surface area contributed by atoms with Crippen molar-refractivity contribution in [2.45, 2.75) is 19.3 Å². The van der Waals surface area contributed by atoms with Crippen LogP contribution < -0.4 is 5.32 Å². The molecule has 0 spiro atoms. The molecule has 1 saturated heterocycles. The van der Waals surface area contributed by atoms with Crippen molar-refractivity contribution in [3.05, 3.63) is 30.0 Å². The van der Waals surface area contributed by atoms with Crippen LogP contribution in [0.5, 0.6) is 0 Å². The summed E-state index contributed by atoms with van der Waals surface area (Å²) < 4.78 is 14.9. The standard InChI is InChI=1S/C12H15FN4/c13-10-3-5-17-11(15-16-12(17)7-10)6-9-2-1-4-14-8-9/h3,5,7,9,14H,1-2,4,6,8H2. The number of pyridine rings is 1. The second kappa shape index (κ2) is 4.41. The van der Waals surface area contributed by atoms with Gasteiger partial charge in [0.15, 0.2) is 5.65 Å². The number of aromatic nitrogens is 3. The number of fused-ring (bicyclic) bond motifs is 1. The number of hydrogen-bond acceptors (Lipinski definition) is 3. The highest BCUT2D eigenvalue weighted by atomic mass is 19.1. The minimum Gasteiger partial charge on any atom is -0.316 e. The van der Waals surface area contributed by atoms with Gasteiger partial charge in [-0.25, -0.2) is 4.39 Å². The number of rotatable bonds is 2. The second-order valence-corrected chi connectivity index (χ2v) is 4.61. The predicted octanol–water partition coefficient (Wildman–Crippen LogP) is 1.41. The summed E-state index contributed by atoms with van der Waals surface area (Å²) in [5, 5.41) is 11.5. The SMILES string of the molecule is Fc1ccn2c(CC3CCCNC3)nnc2c1. The van der Waals surface area contributed by atoms with Crippen molar-refractivity contribution in [1.82, 2.24) is 19.9 Å². The van der Waals surface area contributed by atoms with Crippen LogP contribution in [0.1, 0.15) is 18.7 Å². The Hall–Kier alpha value is -1.49. The van der Waals surface area contributed by atoms with E-state index in [4.69, 9.17) is 0 Å². The van der Waals surface area contributed by atoms with E-state index in [1.165, 1.54) is 25.0 Å². The molecule has 2 aromatic rings. The molecule has 1 aliphatic rings. The van der Waals surface area contributed by atoms with Gasteiger partial charge >= 0.3 is 0 Å². The molecule has 1 aliphatic heterocycles. The van der Waals surface area contributed by atoms with Crippen molar-refractivity contribution in [3.8, 4) is 0 Å². The first-order chi connectivity index (χ1) is 8.33. The Morgan fingerprint density at radius 3 is 3.24 bits per heavy atom. The maximum absolute atomic E-state index is 13.0. The largest absolute Gasteiger partial charge is 0.316 e. The van der Waals surface area contributed by atoms with Gasteiger partial charge in [0.2, 0.25) is 0 Å². The summed E-state index contributed by atoms with van der Waals surface area (Å²) in [6.45, 7) is 2.15. The lowest BCUT2D eigenvalue weighted by atomic mass is 9.96. The fourth-order valence-corrected chi connectivity index (χ4v) is 2.41. The van der Waals surface area contributed by atoms with E-state index in [9.17, 15) is 4.39 Å². The molecule has 0 amide bonds. The molecule has 0 aliphatic carbocycles. The molecule has 17 heavy (non-hydrogen) atoms. The molecular formula is C12H15FN4. The van der Waals surface area contributed by atoms with E-state index < -0.39 is 0 Å². The number of hydrogen-bond donors (Lipinski definition) is 1. The van der Waals surface area contributed by atoms with Crippen LogP contribution in [0, 0.1) is 11.7 Å². The van der Waals surface area contributed by atoms with Gasteiger partial charge in [0.25, 0.3) is 0 Å². The maximum atomic E-state index is 13.0. The summed E-state index contributed by atoms with van der Waals surface area (Å²) in [4.78, 5) is 0. The van der Waals surface area contributed by atoms with Gasteiger partial charge in [-0.1, -0.05) is 0 Å². The van der Waals surface area contributed by atoms with Crippen molar-refractivity contribution in [2.75, 3.05) is 13.1 Å². The molecule has 4 nitrogen and oxygen atoms in total. The molecule has 0 saturated carbocycles. The summed E-state index contributed by atoms with van der Waals surface area (Å²) in [5.41, 5.74) is 0.587. The molecule has 1 atom stereocenters. The van der Waals surface area contributed by atoms with Crippen LogP contribution in [0.3, 0.4) is 0 Å². The van der Waals surface area contributed by atoms with E-state index in [2.05, 4.69) is 15.5 Å². The Morgan fingerprint density at radius 2 is 2.41 bits per heavy atom. The lowest BCUT2D eigenvalue weighted by molar-refractivity contribution is 0.370. The first-order valence-electron chi connectivity index (χ1n) is 6.03. The van der Waals surface area contributed by atoms with Gasteiger partial charge in [0.1, 0.15) is 11.6 Å². The third-order valence-electron chi connectivity index (χ3n) is 3.31. The monoisotopic (exact) mass is 234 g/mol. The molecule has 3 heterocycles. The number of halogens is 1. The third-order valence-corrected chi connectivity index (χ3v) is 3.31. The predicted molar refractivity (Wildman–Crippen MR) is 62.2 cm³/mol. The molecule has 3 rings (SSSR count). The van der Waals surface area contributed by atoms with Gasteiger partial charge in [0, 0.05) is 18.7 Å². The van der Waals surface area contributed by atoms with Gasteiger partial charge in [-0.3, -0.25) is 4.40 Å². The highest BCUT2D eigenvalue weighted by Gasteiger charge is 2.16. The Labute approximate surface area is 98.9 Å². The fraction of sp³-hybridized carbons (Fsp3) is 0.500. The third kappa shape index (κ3) is 2.15. The topological polar surface area (TPSA) is 42.2 Å². The Balaban J connectivity index is 1.84. The first-order valence-corrected chi connectivity index (χ1v) is 6.03. The molecule has 5 heteroatoms. The minimum atomic E-state index is -0.268. The molecular weight excluding hydrogens is 219 g/mol. The van der Waals surface area contributed by atoms with E-state index in [-0.39, 0.29) is 5.82 Å². The van der Waals surface area contributed by atoms with Gasteiger partial charge in [-0.05, 0) is 37.9 Å². The van der Waals surface area contributed by atoms with E-state index in [0.717, 1.165) is 25.3 Å². The maximum Gasteiger partial charge on any atom is 0.163 e. The minimum absolute atomic E-state index is 0.268. The summed E-state index contributed by atoms with van der Waals surface area (Å²) in [7, 11) is 0. The number of nitrogens with one attached hydrogen (secondary N) is 1. The highest BCUT2D eigenvalue weighted by Crippen LogP contribution is 2.16. The molecule has 90 valence electrons. The van der Waals surface area contributed by atoms with Gasteiger partial charge in [-0.15, -0.1) is 10.2 Å². The molecule has 1 unspecified atom stereocenters. The summed E-state index contributed by atoms with van der Waals surface area (Å²) in [6, 6.07) is 2.86. The van der Waals surface area contributed by atoms with Crippen LogP contribution in [-0.4, -0.2) is 27.7 Å². The number of piperidine rings is 1. The summed E-state index contributed by atoms with van der Waals surface area (Å²) >= 11 is 0. The first kappa shape index (κ1) is 10.7. The van der Waals surface area contributed by atoms with Crippen molar-refractivity contribution >= 4 is 5.65 Å². The smallest absolute Gasteiger partial charge is 0.163 e. The van der Waals surface area contributed by atoms with E-state index >= 15 is 0 Å². The average Bonchev–Trinajstić information content (AvgIpc) is 2.73. The van der Waals surface area contributed by atoms with Crippen LogP contribution >= 0.6 is 0 Å². The fourth-order valence-electron chi connectivity index (χ4n) is 2.41. The zero-order valence-corrected chi connectivity index (χ0v) is 9.56. The molecule has 1 N–H and O–H groups in total. The van der Waals surface area contributed by atoms with E-state index in [1.807, 2.05) is 4.40 Å². The second-order valence-electron chi connectivity index (χ2n) is 4.61. The van der Waals surface area contributed by atoms with Crippen LogP contribution in [0.4, 0.5) is 4.39 Å². The van der Waals surface area contributed by atoms with Crippen LogP contribution in [-0.2, 0) is 6.42 Å². The Kier molecular flexibility index (Phi) is 2.76. The summed E-state index contributed by atoms with van der Waals surface area (Å²) in [5.74, 6) is 1.27. The molecule has 0 radical (unpaired) electrons. The quantitative estimate of drug-likeness (QED) is 0.854. The molecule has 2 aromatic heterocycles. The van der Waals surface area contributed by atoms with Crippen molar-refractivity contribution in [1.29, 1.82) is 0 Å². The Morgan fingerprint density at radius 1 is 1.47 bits per heavy atom. The van der Waals surface area contributed by atoms with Crippen molar-refractivity contribution in [2.24, 2.45) is 5.92 Å². The van der Waals surface area contributed by atoms with Crippen LogP contribution in [0.25, 0.3) is 5.65 Å². The average molecular weight is 234 g/mol. The lowest BCUT2D eigenvalue weighted by Crippen LogP contribution is -2.31. The van der Waals surface area contributed by atoms with E-state index in [0.29, 0.717) is 11.6 Å².